The minimum absolute atomic E-state index is 0.152. The van der Waals surface area contributed by atoms with Crippen molar-refractivity contribution in [1.82, 2.24) is 9.88 Å². The lowest BCUT2D eigenvalue weighted by Crippen LogP contribution is -2.44. The monoisotopic (exact) mass is 392 g/mol. The van der Waals surface area contributed by atoms with Gasteiger partial charge in [0, 0.05) is 18.5 Å². The summed E-state index contributed by atoms with van der Waals surface area (Å²) in [6, 6.07) is 12.6. The van der Waals surface area contributed by atoms with Gasteiger partial charge in [-0.2, -0.15) is 0 Å². The van der Waals surface area contributed by atoms with E-state index in [4.69, 9.17) is 9.15 Å². The molecule has 4 rings (SSSR count). The molecule has 1 amide bonds. The van der Waals surface area contributed by atoms with Gasteiger partial charge in [-0.25, -0.2) is 9.78 Å². The van der Waals surface area contributed by atoms with Gasteiger partial charge in [-0.3, -0.25) is 4.79 Å². The number of nitrogens with zero attached hydrogens (tertiary/aromatic N) is 2. The van der Waals surface area contributed by atoms with Crippen LogP contribution < -0.4 is 0 Å². The van der Waals surface area contributed by atoms with Gasteiger partial charge >= 0.3 is 5.97 Å². The molecule has 0 radical (unpaired) electrons. The van der Waals surface area contributed by atoms with Crippen LogP contribution in [0.4, 0.5) is 0 Å². The van der Waals surface area contributed by atoms with Gasteiger partial charge in [-0.05, 0) is 42.5 Å². The molecule has 0 N–H and O–H groups in total. The summed E-state index contributed by atoms with van der Waals surface area (Å²) in [5.74, 6) is 0.790. The molecule has 1 aliphatic heterocycles. The molecular formula is C23H24N2O4. The highest BCUT2D eigenvalue weighted by atomic mass is 16.5. The van der Waals surface area contributed by atoms with E-state index in [1.54, 1.807) is 29.4 Å². The number of benzene rings is 1. The lowest BCUT2D eigenvalue weighted by Gasteiger charge is -2.34. The lowest BCUT2D eigenvalue weighted by molar-refractivity contribution is -0.137. The van der Waals surface area contributed by atoms with Crippen molar-refractivity contribution < 1.29 is 18.7 Å². The summed E-state index contributed by atoms with van der Waals surface area (Å²) in [5.41, 5.74) is 1.58. The van der Waals surface area contributed by atoms with Crippen molar-refractivity contribution in [2.24, 2.45) is 11.8 Å². The highest BCUT2D eigenvalue weighted by Crippen LogP contribution is 2.26. The second-order valence-corrected chi connectivity index (χ2v) is 7.87. The Labute approximate surface area is 169 Å². The van der Waals surface area contributed by atoms with Crippen LogP contribution in [0.2, 0.25) is 0 Å². The molecule has 0 saturated carbocycles. The third-order valence-electron chi connectivity index (χ3n) is 5.26. The van der Waals surface area contributed by atoms with E-state index in [-0.39, 0.29) is 12.5 Å². The van der Waals surface area contributed by atoms with E-state index in [0.29, 0.717) is 52.8 Å². The zero-order valence-electron chi connectivity index (χ0n) is 16.6. The number of amides is 1. The zero-order chi connectivity index (χ0) is 20.4. The van der Waals surface area contributed by atoms with Gasteiger partial charge in [0.2, 0.25) is 0 Å². The maximum Gasteiger partial charge on any atom is 0.339 e. The fourth-order valence-electron chi connectivity index (χ4n) is 4.06. The van der Waals surface area contributed by atoms with Crippen LogP contribution >= 0.6 is 0 Å². The second kappa shape index (κ2) is 8.07. The number of carbonyl (C=O) groups excluding carboxylic acids is 2. The molecule has 0 aliphatic carbocycles. The minimum Gasteiger partial charge on any atom is -0.463 e. The number of carbonyl (C=O) groups is 2. The van der Waals surface area contributed by atoms with Crippen molar-refractivity contribution in [1.29, 1.82) is 0 Å². The molecule has 29 heavy (non-hydrogen) atoms. The third kappa shape index (κ3) is 4.16. The normalized spacial score (nSPS) is 19.3. The molecule has 6 nitrogen and oxygen atoms in total. The maximum atomic E-state index is 12.8. The minimum atomic E-state index is -0.539. The van der Waals surface area contributed by atoms with Crippen LogP contribution in [0.15, 0.2) is 53.1 Å². The summed E-state index contributed by atoms with van der Waals surface area (Å²) in [7, 11) is 0. The fourth-order valence-corrected chi connectivity index (χ4v) is 4.06. The number of ether oxygens (including phenoxy) is 1. The molecule has 2 aromatic heterocycles. The quantitative estimate of drug-likeness (QED) is 0.624. The van der Waals surface area contributed by atoms with E-state index >= 15 is 0 Å². The van der Waals surface area contributed by atoms with Crippen molar-refractivity contribution in [3.05, 3.63) is 54.3 Å². The highest BCUT2D eigenvalue weighted by Gasteiger charge is 2.26. The molecule has 1 saturated heterocycles. The number of rotatable bonds is 4. The largest absolute Gasteiger partial charge is 0.463 e. The van der Waals surface area contributed by atoms with Gasteiger partial charge in [-0.15, -0.1) is 0 Å². The molecule has 3 aromatic rings. The van der Waals surface area contributed by atoms with Gasteiger partial charge in [0.05, 0.1) is 17.3 Å². The van der Waals surface area contributed by atoms with Crippen LogP contribution in [0.3, 0.4) is 0 Å². The molecule has 6 heteroatoms. The lowest BCUT2D eigenvalue weighted by atomic mass is 9.92. The SMILES string of the molecule is C[C@@H]1C[C@H](C)CN(C(=O)COC(=O)c2cc(-c3ccco3)nc3ccccc23)C1. The number of piperidine rings is 1. The number of furan rings is 1. The van der Waals surface area contributed by atoms with E-state index in [1.165, 1.54) is 0 Å². The van der Waals surface area contributed by atoms with Gasteiger partial charge in [0.1, 0.15) is 5.69 Å². The Hall–Kier alpha value is -3.15. The Bertz CT molecular complexity index is 1020. The molecule has 1 aliphatic rings. The first-order valence-corrected chi connectivity index (χ1v) is 9.90. The van der Waals surface area contributed by atoms with Crippen LogP contribution in [0.1, 0.15) is 30.6 Å². The zero-order valence-corrected chi connectivity index (χ0v) is 16.6. The Kier molecular flexibility index (Phi) is 5.34. The molecule has 150 valence electrons. The van der Waals surface area contributed by atoms with Gasteiger partial charge in [0.25, 0.3) is 5.91 Å². The van der Waals surface area contributed by atoms with Gasteiger partial charge in [0.15, 0.2) is 12.4 Å². The summed E-state index contributed by atoms with van der Waals surface area (Å²) in [4.78, 5) is 31.8. The Morgan fingerprint density at radius 1 is 1.14 bits per heavy atom. The number of likely N-dealkylation sites (tertiary alicyclic amines) is 1. The van der Waals surface area contributed by atoms with Crippen molar-refractivity contribution in [3.8, 4) is 11.5 Å². The number of aromatic nitrogens is 1. The topological polar surface area (TPSA) is 72.6 Å². The van der Waals surface area contributed by atoms with E-state index in [9.17, 15) is 9.59 Å². The number of hydrogen-bond donors (Lipinski definition) is 0. The molecule has 1 aromatic carbocycles. The van der Waals surface area contributed by atoms with Crippen LogP contribution in [-0.4, -0.2) is 41.5 Å². The number of hydrogen-bond acceptors (Lipinski definition) is 5. The van der Waals surface area contributed by atoms with Crippen molar-refractivity contribution in [2.45, 2.75) is 20.3 Å². The summed E-state index contributed by atoms with van der Waals surface area (Å²) in [6.07, 6.45) is 2.67. The molecule has 1 fully saturated rings. The second-order valence-electron chi connectivity index (χ2n) is 7.87. The summed E-state index contributed by atoms with van der Waals surface area (Å²) in [6.45, 7) is 5.44. The van der Waals surface area contributed by atoms with Gasteiger partial charge in [-0.1, -0.05) is 32.0 Å². The summed E-state index contributed by atoms with van der Waals surface area (Å²) >= 11 is 0. The highest BCUT2D eigenvalue weighted by molar-refractivity contribution is 6.05. The number of esters is 1. The summed E-state index contributed by atoms with van der Waals surface area (Å²) < 4.78 is 10.8. The van der Waals surface area contributed by atoms with Crippen molar-refractivity contribution in [2.75, 3.05) is 19.7 Å². The van der Waals surface area contributed by atoms with Crippen LogP contribution in [0.25, 0.3) is 22.4 Å². The molecule has 3 heterocycles. The van der Waals surface area contributed by atoms with Crippen molar-refractivity contribution >= 4 is 22.8 Å². The average molecular weight is 392 g/mol. The number of fused-ring (bicyclic) bond motifs is 1. The van der Waals surface area contributed by atoms with E-state index in [0.717, 1.165) is 6.42 Å². The van der Waals surface area contributed by atoms with Gasteiger partial charge < -0.3 is 14.1 Å². The standard InChI is InChI=1S/C23H24N2O4/c1-15-10-16(2)13-25(12-15)22(26)14-29-23(27)18-11-20(21-8-5-9-28-21)24-19-7-4-3-6-17(18)19/h3-9,11,15-16H,10,12-14H2,1-2H3/t15-,16+. The molecule has 0 bridgehead atoms. The van der Waals surface area contributed by atoms with E-state index in [2.05, 4.69) is 18.8 Å². The van der Waals surface area contributed by atoms with E-state index < -0.39 is 5.97 Å². The predicted molar refractivity (Wildman–Crippen MR) is 109 cm³/mol. The first kappa shape index (κ1) is 19.2. The van der Waals surface area contributed by atoms with Crippen LogP contribution in [0, 0.1) is 11.8 Å². The number of para-hydroxylation sites is 1. The smallest absolute Gasteiger partial charge is 0.339 e. The Morgan fingerprint density at radius 2 is 1.90 bits per heavy atom. The van der Waals surface area contributed by atoms with E-state index in [1.807, 2.05) is 24.3 Å². The van der Waals surface area contributed by atoms with Crippen LogP contribution in [-0.2, 0) is 9.53 Å². The molecule has 0 unspecified atom stereocenters. The Morgan fingerprint density at radius 3 is 2.62 bits per heavy atom. The van der Waals surface area contributed by atoms with Crippen LogP contribution in [0.5, 0.6) is 0 Å². The fraction of sp³-hybridized carbons (Fsp3) is 0.348. The first-order valence-electron chi connectivity index (χ1n) is 9.90. The molecule has 0 spiro atoms. The predicted octanol–water partition coefficient (Wildman–Crippen LogP) is 4.16. The Balaban J connectivity index is 1.54. The first-order chi connectivity index (χ1) is 14.0. The maximum absolute atomic E-state index is 12.8. The van der Waals surface area contributed by atoms with Crippen molar-refractivity contribution in [3.63, 3.8) is 0 Å². The molecular weight excluding hydrogens is 368 g/mol. The number of pyridine rings is 1. The summed E-state index contributed by atoms with van der Waals surface area (Å²) in [5, 5.41) is 0.681. The third-order valence-corrected chi connectivity index (χ3v) is 5.26. The average Bonchev–Trinajstić information content (AvgIpc) is 3.25. The molecule has 2 atom stereocenters.